The molecule has 1 aromatic carbocycles. The van der Waals surface area contributed by atoms with E-state index in [1.54, 1.807) is 6.92 Å². The van der Waals surface area contributed by atoms with Crippen LogP contribution in [0.4, 0.5) is 0 Å². The van der Waals surface area contributed by atoms with Crippen molar-refractivity contribution < 1.29 is 9.53 Å². The third-order valence-electron chi connectivity index (χ3n) is 3.46. The van der Waals surface area contributed by atoms with Gasteiger partial charge in [-0.25, -0.2) is 4.79 Å². The van der Waals surface area contributed by atoms with E-state index >= 15 is 0 Å². The molecule has 2 nitrogen and oxygen atoms in total. The van der Waals surface area contributed by atoms with Gasteiger partial charge in [0, 0.05) is 11.1 Å². The van der Waals surface area contributed by atoms with Gasteiger partial charge in [-0.1, -0.05) is 37.3 Å². The second-order valence-electron chi connectivity index (χ2n) is 5.19. The Morgan fingerprint density at radius 2 is 2.05 bits per heavy atom. The predicted octanol–water partition coefficient (Wildman–Crippen LogP) is 3.78. The Morgan fingerprint density at radius 1 is 1.25 bits per heavy atom. The molecule has 0 aliphatic carbocycles. The minimum Gasteiger partial charge on any atom is -0.453 e. The fraction of sp³-hybridized carbons (Fsp3) is 0.389. The van der Waals surface area contributed by atoms with Gasteiger partial charge in [0.2, 0.25) is 0 Å². The molecule has 1 unspecified atom stereocenters. The number of hydrogen-bond donors (Lipinski definition) is 0. The van der Waals surface area contributed by atoms with E-state index in [4.69, 9.17) is 4.74 Å². The highest BCUT2D eigenvalue weighted by atomic mass is 16.5. The van der Waals surface area contributed by atoms with Crippen LogP contribution in [-0.4, -0.2) is 12.1 Å². The maximum atomic E-state index is 11.7. The summed E-state index contributed by atoms with van der Waals surface area (Å²) in [6, 6.07) is 8.06. The van der Waals surface area contributed by atoms with Crippen molar-refractivity contribution in [2.45, 2.75) is 46.1 Å². The minimum absolute atomic E-state index is 0.153. The molecule has 1 heterocycles. The first-order valence-electron chi connectivity index (χ1n) is 7.12. The molecule has 0 amide bonds. The first kappa shape index (κ1) is 14.4. The van der Waals surface area contributed by atoms with Crippen molar-refractivity contribution in [2.75, 3.05) is 0 Å². The van der Waals surface area contributed by atoms with Gasteiger partial charge < -0.3 is 4.74 Å². The molecule has 1 aliphatic heterocycles. The van der Waals surface area contributed by atoms with Gasteiger partial charge in [0.05, 0.1) is 5.57 Å². The number of ether oxygens (including phenoxy) is 1. The summed E-state index contributed by atoms with van der Waals surface area (Å²) >= 11 is 0. The topological polar surface area (TPSA) is 26.3 Å². The minimum atomic E-state index is -0.223. The van der Waals surface area contributed by atoms with Crippen molar-refractivity contribution in [3.8, 4) is 11.8 Å². The number of rotatable bonds is 3. The number of unbranched alkanes of at least 4 members (excludes halogenated alkanes) is 1. The molecule has 0 saturated carbocycles. The molecule has 0 aromatic heterocycles. The summed E-state index contributed by atoms with van der Waals surface area (Å²) in [5.41, 5.74) is 3.67. The van der Waals surface area contributed by atoms with Crippen molar-refractivity contribution in [1.29, 1.82) is 0 Å². The summed E-state index contributed by atoms with van der Waals surface area (Å²) in [5, 5.41) is 0. The van der Waals surface area contributed by atoms with E-state index in [2.05, 4.69) is 18.8 Å². The summed E-state index contributed by atoms with van der Waals surface area (Å²) in [5.74, 6) is 6.07. The Balaban J connectivity index is 2.23. The summed E-state index contributed by atoms with van der Waals surface area (Å²) in [4.78, 5) is 11.7. The molecule has 1 aromatic rings. The first-order chi connectivity index (χ1) is 9.61. The summed E-state index contributed by atoms with van der Waals surface area (Å²) in [6.07, 6.45) is 2.84. The normalized spacial score (nSPS) is 17.8. The van der Waals surface area contributed by atoms with Crippen LogP contribution in [0.5, 0.6) is 0 Å². The molecule has 2 rings (SSSR count). The lowest BCUT2D eigenvalue weighted by molar-refractivity contribution is -0.139. The van der Waals surface area contributed by atoms with Crippen LogP contribution in [0.2, 0.25) is 0 Å². The molecular formula is C18H20O2. The van der Waals surface area contributed by atoms with Crippen LogP contribution in [0.3, 0.4) is 0 Å². The number of carbonyl (C=O) groups excluding carboxylic acids is 1. The Morgan fingerprint density at radius 3 is 2.75 bits per heavy atom. The highest BCUT2D eigenvalue weighted by Crippen LogP contribution is 2.25. The lowest BCUT2D eigenvalue weighted by Crippen LogP contribution is -2.10. The highest BCUT2D eigenvalue weighted by Gasteiger charge is 2.29. The van der Waals surface area contributed by atoms with Crippen molar-refractivity contribution in [2.24, 2.45) is 0 Å². The standard InChI is InChI=1S/C18H20O2/c1-4-5-9-17-16(14(3)18(19)20-17)11-10-15-8-6-7-13(2)12-15/h6-8,12,17H,4-5,9H2,1-3H3. The molecule has 0 radical (unpaired) electrons. The number of hydrogen-bond acceptors (Lipinski definition) is 2. The van der Waals surface area contributed by atoms with Gasteiger partial charge in [0.15, 0.2) is 0 Å². The Kier molecular flexibility index (Phi) is 4.63. The van der Waals surface area contributed by atoms with Gasteiger partial charge in [-0.15, -0.1) is 0 Å². The molecule has 1 aliphatic rings. The Bertz CT molecular complexity index is 599. The first-order valence-corrected chi connectivity index (χ1v) is 7.12. The van der Waals surface area contributed by atoms with E-state index in [9.17, 15) is 4.79 Å². The van der Waals surface area contributed by atoms with E-state index < -0.39 is 0 Å². The van der Waals surface area contributed by atoms with E-state index in [1.165, 1.54) is 5.56 Å². The van der Waals surface area contributed by atoms with Crippen LogP contribution < -0.4 is 0 Å². The second kappa shape index (κ2) is 6.43. The largest absolute Gasteiger partial charge is 0.453 e. The van der Waals surface area contributed by atoms with Crippen molar-refractivity contribution in [3.05, 3.63) is 46.5 Å². The quantitative estimate of drug-likeness (QED) is 0.616. The number of aryl methyl sites for hydroxylation is 1. The maximum Gasteiger partial charge on any atom is 0.335 e. The molecule has 1 atom stereocenters. The number of benzene rings is 1. The molecule has 2 heteroatoms. The zero-order valence-corrected chi connectivity index (χ0v) is 12.3. The van der Waals surface area contributed by atoms with E-state index in [-0.39, 0.29) is 12.1 Å². The lowest BCUT2D eigenvalue weighted by Gasteiger charge is -2.09. The van der Waals surface area contributed by atoms with Crippen LogP contribution in [0.25, 0.3) is 0 Å². The molecule has 0 saturated heterocycles. The fourth-order valence-electron chi connectivity index (χ4n) is 2.26. The van der Waals surface area contributed by atoms with Gasteiger partial charge >= 0.3 is 5.97 Å². The highest BCUT2D eigenvalue weighted by molar-refractivity contribution is 5.93. The van der Waals surface area contributed by atoms with Gasteiger partial charge in [0.25, 0.3) is 0 Å². The van der Waals surface area contributed by atoms with Crippen LogP contribution in [0.1, 0.15) is 44.2 Å². The monoisotopic (exact) mass is 268 g/mol. The van der Waals surface area contributed by atoms with Crippen LogP contribution in [-0.2, 0) is 9.53 Å². The molecule has 104 valence electrons. The van der Waals surface area contributed by atoms with Crippen molar-refractivity contribution >= 4 is 5.97 Å². The number of carbonyl (C=O) groups is 1. The van der Waals surface area contributed by atoms with Crippen LogP contribution in [0, 0.1) is 18.8 Å². The molecular weight excluding hydrogens is 248 g/mol. The smallest absolute Gasteiger partial charge is 0.335 e. The van der Waals surface area contributed by atoms with Gasteiger partial charge in [0.1, 0.15) is 6.10 Å². The van der Waals surface area contributed by atoms with E-state index in [1.807, 2.05) is 31.2 Å². The third-order valence-corrected chi connectivity index (χ3v) is 3.46. The average Bonchev–Trinajstić information content (AvgIpc) is 2.70. The SMILES string of the molecule is CCCCC1OC(=O)C(C)=C1C#Cc1cccc(C)c1. The summed E-state index contributed by atoms with van der Waals surface area (Å²) in [6.45, 7) is 5.97. The van der Waals surface area contributed by atoms with Crippen LogP contribution in [0.15, 0.2) is 35.4 Å². The van der Waals surface area contributed by atoms with Crippen LogP contribution >= 0.6 is 0 Å². The van der Waals surface area contributed by atoms with Gasteiger partial charge in [-0.05, 0) is 44.4 Å². The lowest BCUT2D eigenvalue weighted by atomic mass is 10.0. The predicted molar refractivity (Wildman–Crippen MR) is 80.2 cm³/mol. The maximum absolute atomic E-state index is 11.7. The zero-order chi connectivity index (χ0) is 14.5. The van der Waals surface area contributed by atoms with E-state index in [0.717, 1.165) is 30.4 Å². The zero-order valence-electron chi connectivity index (χ0n) is 12.3. The van der Waals surface area contributed by atoms with Crippen molar-refractivity contribution in [1.82, 2.24) is 0 Å². The Hall–Kier alpha value is -2.01. The van der Waals surface area contributed by atoms with Gasteiger partial charge in [-0.2, -0.15) is 0 Å². The molecule has 0 N–H and O–H groups in total. The van der Waals surface area contributed by atoms with Crippen molar-refractivity contribution in [3.63, 3.8) is 0 Å². The summed E-state index contributed by atoms with van der Waals surface area (Å²) < 4.78 is 5.38. The average molecular weight is 268 g/mol. The molecule has 0 bridgehead atoms. The third kappa shape index (κ3) is 3.30. The van der Waals surface area contributed by atoms with E-state index in [0.29, 0.717) is 5.57 Å². The molecule has 20 heavy (non-hydrogen) atoms. The molecule has 0 fully saturated rings. The summed E-state index contributed by atoms with van der Waals surface area (Å²) in [7, 11) is 0. The fourth-order valence-corrected chi connectivity index (χ4v) is 2.26. The molecule has 0 spiro atoms. The number of cyclic esters (lactones) is 1. The Labute approximate surface area is 120 Å². The van der Waals surface area contributed by atoms with Gasteiger partial charge in [-0.3, -0.25) is 0 Å². The second-order valence-corrected chi connectivity index (χ2v) is 5.19. The number of esters is 1.